The third kappa shape index (κ3) is 2.66. The highest BCUT2D eigenvalue weighted by atomic mass is 32.2. The van der Waals surface area contributed by atoms with Crippen molar-refractivity contribution in [2.75, 3.05) is 4.90 Å². The average Bonchev–Trinajstić information content (AvgIpc) is 2.83. The SMILES string of the molecule is [2H]C1(C)c2ccccc2N(C2=CC3C(C=C2)S(=O)c2ccccc2S3(=O)=O)c2ccccc21. The summed E-state index contributed by atoms with van der Waals surface area (Å²) >= 11 is 0. The van der Waals surface area contributed by atoms with Crippen molar-refractivity contribution in [1.29, 1.82) is 0 Å². The van der Waals surface area contributed by atoms with Crippen LogP contribution in [0.4, 0.5) is 11.4 Å². The number of hydrogen-bond acceptors (Lipinski definition) is 4. The summed E-state index contributed by atoms with van der Waals surface area (Å²) in [4.78, 5) is 2.54. The number of para-hydroxylation sites is 2. The van der Waals surface area contributed by atoms with Crippen LogP contribution in [0.25, 0.3) is 0 Å². The molecule has 3 atom stereocenters. The van der Waals surface area contributed by atoms with Gasteiger partial charge in [-0.1, -0.05) is 61.5 Å². The quantitative estimate of drug-likeness (QED) is 0.508. The van der Waals surface area contributed by atoms with Crippen LogP contribution in [0.2, 0.25) is 0 Å². The maximum Gasteiger partial charge on any atom is 0.187 e. The lowest BCUT2D eigenvalue weighted by Crippen LogP contribution is -2.42. The van der Waals surface area contributed by atoms with Gasteiger partial charge in [0.25, 0.3) is 0 Å². The summed E-state index contributed by atoms with van der Waals surface area (Å²) in [6.07, 6.45) is 5.36. The van der Waals surface area contributed by atoms with Gasteiger partial charge in [-0.2, -0.15) is 0 Å². The zero-order chi connectivity index (χ0) is 23.0. The second kappa shape index (κ2) is 7.02. The first kappa shape index (κ1) is 18.6. The fourth-order valence-corrected chi connectivity index (χ4v) is 9.22. The minimum absolute atomic E-state index is 0.147. The molecule has 0 saturated carbocycles. The van der Waals surface area contributed by atoms with E-state index in [1.165, 1.54) is 0 Å². The molecule has 3 aliphatic rings. The van der Waals surface area contributed by atoms with Gasteiger partial charge < -0.3 is 4.90 Å². The van der Waals surface area contributed by atoms with Crippen LogP contribution in [-0.4, -0.2) is 23.1 Å². The molecule has 6 heteroatoms. The topological polar surface area (TPSA) is 54.5 Å². The van der Waals surface area contributed by atoms with Crippen molar-refractivity contribution in [3.05, 3.63) is 108 Å². The summed E-state index contributed by atoms with van der Waals surface area (Å²) in [5.74, 6) is -0.942. The molecule has 0 bridgehead atoms. The van der Waals surface area contributed by atoms with Crippen LogP contribution in [0.3, 0.4) is 0 Å². The third-order valence-corrected chi connectivity index (χ3v) is 10.6. The van der Waals surface area contributed by atoms with Crippen molar-refractivity contribution in [3.8, 4) is 0 Å². The maximum absolute atomic E-state index is 13.5. The molecule has 1 aliphatic carbocycles. The molecular formula is C26H21NO3S2. The number of nitrogens with zero attached hydrogens (tertiary/aromatic N) is 1. The first-order chi connectivity index (χ1) is 15.8. The van der Waals surface area contributed by atoms with Crippen LogP contribution in [0.1, 0.15) is 25.3 Å². The Bertz CT molecular complexity index is 1460. The monoisotopic (exact) mass is 460 g/mol. The van der Waals surface area contributed by atoms with Gasteiger partial charge in [0.1, 0.15) is 5.25 Å². The molecule has 3 aromatic carbocycles. The van der Waals surface area contributed by atoms with E-state index in [0.717, 1.165) is 22.5 Å². The Labute approximate surface area is 191 Å². The molecule has 2 heterocycles. The van der Waals surface area contributed by atoms with Crippen molar-refractivity contribution in [3.63, 3.8) is 0 Å². The van der Waals surface area contributed by atoms with E-state index in [0.29, 0.717) is 10.6 Å². The fourth-order valence-electron chi connectivity index (χ4n) is 4.90. The minimum Gasteiger partial charge on any atom is -0.310 e. The van der Waals surface area contributed by atoms with Gasteiger partial charge in [-0.15, -0.1) is 0 Å². The van der Waals surface area contributed by atoms with Crippen molar-refractivity contribution in [2.45, 2.75) is 33.1 Å². The Morgan fingerprint density at radius 2 is 1.50 bits per heavy atom. The van der Waals surface area contributed by atoms with E-state index in [-0.39, 0.29) is 4.90 Å². The molecule has 4 nitrogen and oxygen atoms in total. The van der Waals surface area contributed by atoms with Gasteiger partial charge in [-0.3, -0.25) is 4.21 Å². The van der Waals surface area contributed by atoms with Crippen molar-refractivity contribution in [2.24, 2.45) is 0 Å². The van der Waals surface area contributed by atoms with Crippen LogP contribution in [0.15, 0.2) is 107 Å². The normalized spacial score (nSPS) is 26.7. The van der Waals surface area contributed by atoms with Gasteiger partial charge in [-0.25, -0.2) is 8.42 Å². The first-order valence-corrected chi connectivity index (χ1v) is 13.2. The Kier molecular flexibility index (Phi) is 4.08. The maximum atomic E-state index is 13.5. The molecule has 0 radical (unpaired) electrons. The van der Waals surface area contributed by atoms with Gasteiger partial charge in [0.2, 0.25) is 0 Å². The number of allylic oxidation sites excluding steroid dienone is 1. The molecule has 32 heavy (non-hydrogen) atoms. The molecule has 0 spiro atoms. The van der Waals surface area contributed by atoms with Gasteiger partial charge in [0.05, 0.1) is 25.8 Å². The number of sulfone groups is 1. The molecule has 2 aliphatic heterocycles. The smallest absolute Gasteiger partial charge is 0.187 e. The molecule has 6 rings (SSSR count). The summed E-state index contributed by atoms with van der Waals surface area (Å²) in [5.41, 5.74) is 4.09. The van der Waals surface area contributed by atoms with Gasteiger partial charge in [0.15, 0.2) is 9.84 Å². The molecule has 0 amide bonds. The largest absolute Gasteiger partial charge is 0.310 e. The lowest BCUT2D eigenvalue weighted by Gasteiger charge is -2.39. The predicted octanol–water partition coefficient (Wildman–Crippen LogP) is 5.08. The Hall–Kier alpha value is -2.96. The van der Waals surface area contributed by atoms with Gasteiger partial charge >= 0.3 is 0 Å². The summed E-state index contributed by atoms with van der Waals surface area (Å²) in [6, 6.07) is 22.1. The number of hydrogen-bond donors (Lipinski definition) is 0. The highest BCUT2D eigenvalue weighted by Crippen LogP contribution is 2.48. The number of anilines is 2. The van der Waals surface area contributed by atoms with E-state index in [2.05, 4.69) is 0 Å². The molecule has 160 valence electrons. The Balaban J connectivity index is 1.56. The van der Waals surface area contributed by atoms with Gasteiger partial charge in [0, 0.05) is 24.3 Å². The molecule has 0 fully saturated rings. The van der Waals surface area contributed by atoms with Crippen molar-refractivity contribution >= 4 is 32.0 Å². The standard InChI is InChI=1S/C26H21NO3S2/c1-17-19-8-2-4-10-21(19)27(22-11-5-3-9-20(17)22)18-14-15-24-26(16-18)32(29,30)25-13-7-6-12-23(25)31(24)28/h2-17,24,26H,1H3/i17D. The summed E-state index contributed by atoms with van der Waals surface area (Å²) < 4.78 is 49.4. The second-order valence-electron chi connectivity index (χ2n) is 8.16. The number of fused-ring (bicyclic) bond motifs is 4. The summed E-state index contributed by atoms with van der Waals surface area (Å²) in [6.45, 7) is 1.88. The summed E-state index contributed by atoms with van der Waals surface area (Å²) in [5, 5.41) is -1.55. The van der Waals surface area contributed by atoms with E-state index < -0.39 is 37.0 Å². The highest BCUT2D eigenvalue weighted by Gasteiger charge is 2.45. The molecule has 0 saturated heterocycles. The third-order valence-electron chi connectivity index (χ3n) is 6.45. The summed E-state index contributed by atoms with van der Waals surface area (Å²) in [7, 11) is -5.17. The van der Waals surface area contributed by atoms with Crippen molar-refractivity contribution in [1.82, 2.24) is 0 Å². The zero-order valence-electron chi connectivity index (χ0n) is 18.3. The lowest BCUT2D eigenvalue weighted by atomic mass is 9.85. The van der Waals surface area contributed by atoms with Crippen LogP contribution in [0, 0.1) is 0 Å². The molecule has 3 unspecified atom stereocenters. The first-order valence-electron chi connectivity index (χ1n) is 10.9. The average molecular weight is 461 g/mol. The second-order valence-corrected chi connectivity index (χ2v) is 11.8. The number of rotatable bonds is 1. The minimum atomic E-state index is -3.71. The Morgan fingerprint density at radius 3 is 2.19 bits per heavy atom. The number of benzene rings is 3. The molecule has 0 N–H and O–H groups in total. The van der Waals surface area contributed by atoms with Crippen LogP contribution in [0.5, 0.6) is 0 Å². The highest BCUT2D eigenvalue weighted by molar-refractivity contribution is 7.96. The van der Waals surface area contributed by atoms with E-state index in [1.807, 2.05) is 66.4 Å². The van der Waals surface area contributed by atoms with E-state index in [4.69, 9.17) is 1.37 Å². The van der Waals surface area contributed by atoms with Crippen molar-refractivity contribution < 1.29 is 14.0 Å². The van der Waals surface area contributed by atoms with E-state index in [1.54, 1.807) is 36.4 Å². The molecular weight excluding hydrogens is 438 g/mol. The van der Waals surface area contributed by atoms with Crippen LogP contribution < -0.4 is 4.90 Å². The van der Waals surface area contributed by atoms with Gasteiger partial charge in [-0.05, 0) is 47.5 Å². The Morgan fingerprint density at radius 1 is 0.906 bits per heavy atom. The predicted molar refractivity (Wildman–Crippen MR) is 127 cm³/mol. The molecule has 3 aromatic rings. The van der Waals surface area contributed by atoms with Crippen LogP contribution in [-0.2, 0) is 20.6 Å². The van der Waals surface area contributed by atoms with E-state index >= 15 is 0 Å². The zero-order valence-corrected chi connectivity index (χ0v) is 18.9. The fraction of sp³-hybridized carbons (Fsp3) is 0.154. The van der Waals surface area contributed by atoms with Crippen LogP contribution >= 0.6 is 0 Å². The lowest BCUT2D eigenvalue weighted by molar-refractivity contribution is 0.580. The van der Waals surface area contributed by atoms with E-state index in [9.17, 15) is 12.6 Å². The molecule has 0 aromatic heterocycles.